The van der Waals surface area contributed by atoms with Crippen molar-refractivity contribution in [3.05, 3.63) is 48.8 Å². The van der Waals surface area contributed by atoms with Crippen molar-refractivity contribution in [2.24, 2.45) is 0 Å². The van der Waals surface area contributed by atoms with Crippen LogP contribution in [-0.2, 0) is 0 Å². The molecule has 0 aliphatic heterocycles. The second-order valence-corrected chi connectivity index (χ2v) is 4.05. The molecule has 0 N–H and O–H groups in total. The molecule has 0 saturated heterocycles. The minimum Gasteiger partial charge on any atom is -0.435 e. The van der Waals surface area contributed by atoms with Gasteiger partial charge >= 0.3 is 6.61 Å². The molecule has 0 aliphatic carbocycles. The molecule has 21 heavy (non-hydrogen) atoms. The molecule has 1 aromatic carbocycles. The highest BCUT2D eigenvalue weighted by Gasteiger charge is 2.12. The zero-order valence-electron chi connectivity index (χ0n) is 10.6. The lowest BCUT2D eigenvalue weighted by molar-refractivity contribution is -0.0498. The van der Waals surface area contributed by atoms with E-state index in [1.807, 2.05) is 0 Å². The molecule has 3 rings (SSSR count). The largest absolute Gasteiger partial charge is 0.435 e. The van der Waals surface area contributed by atoms with Gasteiger partial charge in [-0.1, -0.05) is 6.07 Å². The standard InChI is InChI=1S/C14H9F2N3O2/c15-14(16)20-11-3-1-2-10(8-11)13-19-18-12(21-13)9-4-6-17-7-5-9/h1-8,14H. The maximum atomic E-state index is 12.2. The number of halogens is 2. The van der Waals surface area contributed by atoms with Gasteiger partial charge in [-0.3, -0.25) is 4.98 Å². The van der Waals surface area contributed by atoms with Crippen LogP contribution in [0.2, 0.25) is 0 Å². The number of ether oxygens (including phenoxy) is 1. The van der Waals surface area contributed by atoms with E-state index in [1.54, 1.807) is 36.7 Å². The van der Waals surface area contributed by atoms with Gasteiger partial charge in [-0.2, -0.15) is 8.78 Å². The molecular formula is C14H9F2N3O2. The Hall–Kier alpha value is -2.83. The minimum absolute atomic E-state index is 0.0335. The van der Waals surface area contributed by atoms with E-state index in [9.17, 15) is 8.78 Å². The molecule has 5 nitrogen and oxygen atoms in total. The molecule has 0 fully saturated rings. The third kappa shape index (κ3) is 3.02. The smallest absolute Gasteiger partial charge is 0.387 e. The second-order valence-electron chi connectivity index (χ2n) is 4.05. The quantitative estimate of drug-likeness (QED) is 0.736. The Kier molecular flexibility index (Phi) is 3.55. The molecule has 0 unspecified atom stereocenters. The van der Waals surface area contributed by atoms with Crippen LogP contribution in [0.15, 0.2) is 53.2 Å². The molecule has 7 heteroatoms. The van der Waals surface area contributed by atoms with E-state index >= 15 is 0 Å². The molecule has 2 heterocycles. The number of hydrogen-bond donors (Lipinski definition) is 0. The first kappa shape index (κ1) is 13.2. The Morgan fingerprint density at radius 1 is 0.952 bits per heavy atom. The van der Waals surface area contributed by atoms with E-state index in [-0.39, 0.29) is 11.6 Å². The van der Waals surface area contributed by atoms with Crippen molar-refractivity contribution in [2.45, 2.75) is 6.61 Å². The first-order valence-electron chi connectivity index (χ1n) is 6.01. The summed E-state index contributed by atoms with van der Waals surface area (Å²) in [7, 11) is 0. The molecule has 0 atom stereocenters. The SMILES string of the molecule is FC(F)Oc1cccc(-c2nnc(-c3ccncc3)o2)c1. The molecular weight excluding hydrogens is 280 g/mol. The van der Waals surface area contributed by atoms with Gasteiger partial charge in [-0.25, -0.2) is 0 Å². The van der Waals surface area contributed by atoms with Gasteiger partial charge < -0.3 is 9.15 Å². The Morgan fingerprint density at radius 3 is 2.38 bits per heavy atom. The number of alkyl halides is 2. The van der Waals surface area contributed by atoms with E-state index in [2.05, 4.69) is 19.9 Å². The molecule has 0 aliphatic rings. The zero-order chi connectivity index (χ0) is 14.7. The summed E-state index contributed by atoms with van der Waals surface area (Å²) in [5.74, 6) is 0.584. The predicted molar refractivity (Wildman–Crippen MR) is 69.6 cm³/mol. The molecule has 0 bridgehead atoms. The van der Waals surface area contributed by atoms with Crippen molar-refractivity contribution in [3.8, 4) is 28.7 Å². The highest BCUT2D eigenvalue weighted by Crippen LogP contribution is 2.26. The first-order valence-corrected chi connectivity index (χ1v) is 6.01. The van der Waals surface area contributed by atoms with E-state index < -0.39 is 6.61 Å². The molecule has 3 aromatic rings. The highest BCUT2D eigenvalue weighted by molar-refractivity contribution is 5.58. The van der Waals surface area contributed by atoms with Crippen LogP contribution < -0.4 is 4.74 Å². The van der Waals surface area contributed by atoms with Crippen molar-refractivity contribution in [2.75, 3.05) is 0 Å². The van der Waals surface area contributed by atoms with Crippen LogP contribution in [0.4, 0.5) is 8.78 Å². The van der Waals surface area contributed by atoms with Gasteiger partial charge in [0.25, 0.3) is 0 Å². The fourth-order valence-electron chi connectivity index (χ4n) is 1.76. The summed E-state index contributed by atoms with van der Waals surface area (Å²) < 4.78 is 34.3. The Labute approximate surface area is 118 Å². The monoisotopic (exact) mass is 289 g/mol. The first-order chi connectivity index (χ1) is 10.2. The summed E-state index contributed by atoms with van der Waals surface area (Å²) in [6, 6.07) is 9.54. The number of rotatable bonds is 4. The highest BCUT2D eigenvalue weighted by atomic mass is 19.3. The maximum absolute atomic E-state index is 12.2. The minimum atomic E-state index is -2.88. The number of benzene rings is 1. The summed E-state index contributed by atoms with van der Waals surface area (Å²) in [5, 5.41) is 7.82. The van der Waals surface area contributed by atoms with Crippen LogP contribution in [0.1, 0.15) is 0 Å². The summed E-state index contributed by atoms with van der Waals surface area (Å²) in [6.07, 6.45) is 3.21. The van der Waals surface area contributed by atoms with Gasteiger partial charge in [-0.15, -0.1) is 10.2 Å². The molecule has 106 valence electrons. The third-order valence-electron chi connectivity index (χ3n) is 2.66. The van der Waals surface area contributed by atoms with E-state index in [0.717, 1.165) is 5.56 Å². The normalized spacial score (nSPS) is 10.8. The molecule has 0 amide bonds. The van der Waals surface area contributed by atoms with Gasteiger partial charge in [0.05, 0.1) is 0 Å². The lowest BCUT2D eigenvalue weighted by Crippen LogP contribution is -2.01. The van der Waals surface area contributed by atoms with Crippen LogP contribution in [0, 0.1) is 0 Å². The third-order valence-corrected chi connectivity index (χ3v) is 2.66. The van der Waals surface area contributed by atoms with Crippen molar-refractivity contribution in [3.63, 3.8) is 0 Å². The van der Waals surface area contributed by atoms with E-state index in [1.165, 1.54) is 12.1 Å². The Balaban J connectivity index is 1.90. The summed E-state index contributed by atoms with van der Waals surface area (Å²) in [5.41, 5.74) is 1.23. The molecule has 0 saturated carbocycles. The van der Waals surface area contributed by atoms with Gasteiger partial charge in [0.2, 0.25) is 11.8 Å². The van der Waals surface area contributed by atoms with E-state index in [4.69, 9.17) is 4.42 Å². The Morgan fingerprint density at radius 2 is 1.67 bits per heavy atom. The average Bonchev–Trinajstić information content (AvgIpc) is 2.98. The zero-order valence-corrected chi connectivity index (χ0v) is 10.6. The van der Waals surface area contributed by atoms with Gasteiger partial charge in [0, 0.05) is 23.5 Å². The van der Waals surface area contributed by atoms with Crippen LogP contribution in [0.3, 0.4) is 0 Å². The van der Waals surface area contributed by atoms with Crippen LogP contribution in [0.5, 0.6) is 5.75 Å². The predicted octanol–water partition coefficient (Wildman–Crippen LogP) is 3.40. The van der Waals surface area contributed by atoms with E-state index in [0.29, 0.717) is 11.5 Å². The van der Waals surface area contributed by atoms with Gasteiger partial charge in [-0.05, 0) is 30.3 Å². The van der Waals surface area contributed by atoms with Crippen molar-refractivity contribution in [1.29, 1.82) is 0 Å². The number of hydrogen-bond acceptors (Lipinski definition) is 5. The van der Waals surface area contributed by atoms with Crippen molar-refractivity contribution in [1.82, 2.24) is 15.2 Å². The molecule has 2 aromatic heterocycles. The fourth-order valence-corrected chi connectivity index (χ4v) is 1.76. The maximum Gasteiger partial charge on any atom is 0.387 e. The van der Waals surface area contributed by atoms with Gasteiger partial charge in [0.1, 0.15) is 5.75 Å². The van der Waals surface area contributed by atoms with Crippen molar-refractivity contribution >= 4 is 0 Å². The summed E-state index contributed by atoms with van der Waals surface area (Å²) in [4.78, 5) is 3.90. The average molecular weight is 289 g/mol. The molecule has 0 spiro atoms. The van der Waals surface area contributed by atoms with Crippen LogP contribution in [0.25, 0.3) is 22.9 Å². The molecule has 0 radical (unpaired) electrons. The lowest BCUT2D eigenvalue weighted by atomic mass is 10.2. The number of nitrogens with zero attached hydrogens (tertiary/aromatic N) is 3. The van der Waals surface area contributed by atoms with Crippen molar-refractivity contribution < 1.29 is 17.9 Å². The number of pyridine rings is 1. The van der Waals surface area contributed by atoms with Crippen LogP contribution in [-0.4, -0.2) is 21.8 Å². The summed E-state index contributed by atoms with van der Waals surface area (Å²) >= 11 is 0. The van der Waals surface area contributed by atoms with Gasteiger partial charge in [0.15, 0.2) is 0 Å². The Bertz CT molecular complexity index is 732. The number of aromatic nitrogens is 3. The fraction of sp³-hybridized carbons (Fsp3) is 0.0714. The summed E-state index contributed by atoms with van der Waals surface area (Å²) in [6.45, 7) is -2.88. The van der Waals surface area contributed by atoms with Crippen LogP contribution >= 0.6 is 0 Å². The lowest BCUT2D eigenvalue weighted by Gasteiger charge is -2.04. The topological polar surface area (TPSA) is 61.0 Å². The second kappa shape index (κ2) is 5.66.